The average Bonchev–Trinajstić information content (AvgIpc) is 2.14. The van der Waals surface area contributed by atoms with E-state index in [1.165, 1.54) is 0 Å². The van der Waals surface area contributed by atoms with Gasteiger partial charge >= 0.3 is 6.18 Å². The van der Waals surface area contributed by atoms with E-state index in [-0.39, 0.29) is 0 Å². The number of halogens is 5. The minimum atomic E-state index is -5.11. The van der Waals surface area contributed by atoms with Gasteiger partial charge in [0.05, 0.1) is 11.8 Å². The van der Waals surface area contributed by atoms with Gasteiger partial charge in [-0.25, -0.2) is 13.8 Å². The minimum Gasteiger partial charge on any atom is -0.505 e. The van der Waals surface area contributed by atoms with Crippen molar-refractivity contribution >= 4 is 0 Å². The molecule has 1 aromatic rings. The third kappa shape index (κ3) is 2.03. The van der Waals surface area contributed by atoms with Crippen molar-refractivity contribution in [2.24, 2.45) is 0 Å². The third-order valence-corrected chi connectivity index (χ3v) is 1.70. The van der Waals surface area contributed by atoms with Crippen LogP contribution in [0.15, 0.2) is 6.20 Å². The van der Waals surface area contributed by atoms with Gasteiger partial charge in [0, 0.05) is 0 Å². The standard InChI is InChI=1S/C8H3F5N2O/c9-7(10)5-3(1-14)4(16)2-15-6(5)8(11,12)13/h2,7,16H. The van der Waals surface area contributed by atoms with Crippen LogP contribution in [0.4, 0.5) is 22.0 Å². The van der Waals surface area contributed by atoms with Crippen molar-refractivity contribution in [2.45, 2.75) is 12.6 Å². The molecule has 0 spiro atoms. The number of hydrogen-bond donors (Lipinski definition) is 1. The lowest BCUT2D eigenvalue weighted by Gasteiger charge is -2.12. The molecule has 1 aromatic heterocycles. The number of aromatic nitrogens is 1. The van der Waals surface area contributed by atoms with E-state index >= 15 is 0 Å². The molecule has 86 valence electrons. The summed E-state index contributed by atoms with van der Waals surface area (Å²) in [4.78, 5) is 2.67. The monoisotopic (exact) mass is 238 g/mol. The molecule has 0 saturated heterocycles. The smallest absolute Gasteiger partial charge is 0.433 e. The van der Waals surface area contributed by atoms with Crippen molar-refractivity contribution in [3.8, 4) is 11.8 Å². The number of rotatable bonds is 1. The molecule has 1 rings (SSSR count). The lowest BCUT2D eigenvalue weighted by atomic mass is 10.1. The van der Waals surface area contributed by atoms with Crippen LogP contribution in [-0.4, -0.2) is 10.1 Å². The zero-order valence-electron chi connectivity index (χ0n) is 7.39. The van der Waals surface area contributed by atoms with E-state index in [1.54, 1.807) is 0 Å². The molecular formula is C8H3F5N2O. The highest BCUT2D eigenvalue weighted by Crippen LogP contribution is 2.38. The molecule has 0 aromatic carbocycles. The lowest BCUT2D eigenvalue weighted by molar-refractivity contribution is -0.143. The Morgan fingerprint density at radius 1 is 1.38 bits per heavy atom. The summed E-state index contributed by atoms with van der Waals surface area (Å²) < 4.78 is 61.6. The summed E-state index contributed by atoms with van der Waals surface area (Å²) in [5.41, 5.74) is -4.58. The Kier molecular flexibility index (Phi) is 2.98. The van der Waals surface area contributed by atoms with E-state index in [0.29, 0.717) is 6.20 Å². The fraction of sp³-hybridized carbons (Fsp3) is 0.250. The molecule has 0 aliphatic rings. The maximum absolute atomic E-state index is 12.4. The SMILES string of the molecule is N#Cc1c(O)cnc(C(F)(F)F)c1C(F)F. The van der Waals surface area contributed by atoms with Crippen LogP contribution in [0.2, 0.25) is 0 Å². The number of alkyl halides is 5. The number of aromatic hydroxyl groups is 1. The molecule has 3 nitrogen and oxygen atoms in total. The normalized spacial score (nSPS) is 11.6. The third-order valence-electron chi connectivity index (χ3n) is 1.70. The largest absolute Gasteiger partial charge is 0.505 e. The Morgan fingerprint density at radius 2 is 1.94 bits per heavy atom. The van der Waals surface area contributed by atoms with E-state index in [0.717, 1.165) is 6.07 Å². The lowest BCUT2D eigenvalue weighted by Crippen LogP contribution is -2.13. The summed E-state index contributed by atoms with van der Waals surface area (Å²) in [6.07, 6.45) is -8.34. The van der Waals surface area contributed by atoms with Gasteiger partial charge in [-0.05, 0) is 0 Å². The number of nitriles is 1. The fourth-order valence-corrected chi connectivity index (χ4v) is 1.07. The van der Waals surface area contributed by atoms with E-state index < -0.39 is 35.2 Å². The van der Waals surface area contributed by atoms with Crippen LogP contribution in [0, 0.1) is 11.3 Å². The van der Waals surface area contributed by atoms with Gasteiger partial charge in [-0.15, -0.1) is 0 Å². The van der Waals surface area contributed by atoms with Gasteiger partial charge in [-0.3, -0.25) is 0 Å². The summed E-state index contributed by atoms with van der Waals surface area (Å²) in [6.45, 7) is 0. The summed E-state index contributed by atoms with van der Waals surface area (Å²) in [7, 11) is 0. The van der Waals surface area contributed by atoms with Crippen LogP contribution in [-0.2, 0) is 6.18 Å². The second-order valence-electron chi connectivity index (χ2n) is 2.69. The summed E-state index contributed by atoms with van der Waals surface area (Å²) >= 11 is 0. The highest BCUT2D eigenvalue weighted by Gasteiger charge is 2.39. The summed E-state index contributed by atoms with van der Waals surface area (Å²) in [5, 5.41) is 17.3. The van der Waals surface area contributed by atoms with Crippen LogP contribution in [0.3, 0.4) is 0 Å². The van der Waals surface area contributed by atoms with Gasteiger partial charge in [0.2, 0.25) is 0 Å². The molecule has 0 saturated carbocycles. The molecule has 0 aliphatic heterocycles. The molecule has 8 heteroatoms. The molecule has 0 fully saturated rings. The van der Waals surface area contributed by atoms with Crippen molar-refractivity contribution in [1.29, 1.82) is 5.26 Å². The van der Waals surface area contributed by atoms with Crippen molar-refractivity contribution in [2.75, 3.05) is 0 Å². The zero-order valence-corrected chi connectivity index (χ0v) is 7.39. The quantitative estimate of drug-likeness (QED) is 0.765. The summed E-state index contributed by atoms with van der Waals surface area (Å²) in [5.74, 6) is -1.01. The Bertz CT molecular complexity index is 449. The molecule has 16 heavy (non-hydrogen) atoms. The first-order valence-electron chi connectivity index (χ1n) is 3.76. The Morgan fingerprint density at radius 3 is 2.31 bits per heavy atom. The Hall–Kier alpha value is -1.91. The second kappa shape index (κ2) is 3.92. The van der Waals surface area contributed by atoms with Crippen LogP contribution >= 0.6 is 0 Å². The molecule has 0 aliphatic carbocycles. The van der Waals surface area contributed by atoms with Crippen molar-refractivity contribution in [1.82, 2.24) is 4.98 Å². The van der Waals surface area contributed by atoms with E-state index in [9.17, 15) is 22.0 Å². The van der Waals surface area contributed by atoms with Gasteiger partial charge in [0.1, 0.15) is 11.6 Å². The first-order valence-corrected chi connectivity index (χ1v) is 3.76. The molecule has 1 N–H and O–H groups in total. The maximum atomic E-state index is 12.4. The van der Waals surface area contributed by atoms with Crippen LogP contribution in [0.25, 0.3) is 0 Å². The first-order chi connectivity index (χ1) is 7.29. The van der Waals surface area contributed by atoms with E-state index in [2.05, 4.69) is 4.98 Å². The maximum Gasteiger partial charge on any atom is 0.433 e. The fourth-order valence-electron chi connectivity index (χ4n) is 1.07. The first kappa shape index (κ1) is 12.2. The van der Waals surface area contributed by atoms with Crippen LogP contribution < -0.4 is 0 Å². The number of pyridine rings is 1. The number of hydrogen-bond acceptors (Lipinski definition) is 3. The van der Waals surface area contributed by atoms with Crippen molar-refractivity contribution < 1.29 is 27.1 Å². The molecule has 0 atom stereocenters. The van der Waals surface area contributed by atoms with E-state index in [4.69, 9.17) is 10.4 Å². The highest BCUT2D eigenvalue weighted by atomic mass is 19.4. The van der Waals surface area contributed by atoms with Crippen molar-refractivity contribution in [3.63, 3.8) is 0 Å². The van der Waals surface area contributed by atoms with Gasteiger partial charge in [0.25, 0.3) is 6.43 Å². The molecule has 1 heterocycles. The van der Waals surface area contributed by atoms with Crippen molar-refractivity contribution in [3.05, 3.63) is 23.0 Å². The minimum absolute atomic E-state index is 0.313. The molecule has 0 radical (unpaired) electrons. The second-order valence-corrected chi connectivity index (χ2v) is 2.69. The molecular weight excluding hydrogens is 235 g/mol. The van der Waals surface area contributed by atoms with E-state index in [1.807, 2.05) is 0 Å². The molecule has 0 unspecified atom stereocenters. The topological polar surface area (TPSA) is 56.9 Å². The van der Waals surface area contributed by atoms with Crippen LogP contribution in [0.1, 0.15) is 23.2 Å². The predicted octanol–water partition coefficient (Wildman–Crippen LogP) is 2.62. The highest BCUT2D eigenvalue weighted by molar-refractivity contribution is 5.49. The van der Waals surface area contributed by atoms with Gasteiger partial charge in [-0.1, -0.05) is 0 Å². The van der Waals surface area contributed by atoms with Gasteiger partial charge in [-0.2, -0.15) is 18.4 Å². The zero-order chi connectivity index (χ0) is 12.5. The van der Waals surface area contributed by atoms with Crippen LogP contribution in [0.5, 0.6) is 5.75 Å². The Balaban J connectivity index is 3.60. The summed E-state index contributed by atoms with van der Waals surface area (Å²) in [6, 6.07) is 1.09. The molecule has 0 bridgehead atoms. The number of nitrogens with zero attached hydrogens (tertiary/aromatic N) is 2. The average molecular weight is 238 g/mol. The van der Waals surface area contributed by atoms with Gasteiger partial charge < -0.3 is 5.11 Å². The Labute approximate surface area is 85.8 Å². The predicted molar refractivity (Wildman–Crippen MR) is 40.6 cm³/mol. The van der Waals surface area contributed by atoms with Gasteiger partial charge in [0.15, 0.2) is 11.4 Å². The molecule has 0 amide bonds.